The van der Waals surface area contributed by atoms with Crippen LogP contribution in [0.25, 0.3) is 0 Å². The molecule has 0 fully saturated rings. The Morgan fingerprint density at radius 1 is 1.21 bits per heavy atom. The number of amides is 1. The van der Waals surface area contributed by atoms with Crippen molar-refractivity contribution in [2.75, 3.05) is 13.7 Å². The summed E-state index contributed by atoms with van der Waals surface area (Å²) in [5, 5.41) is 2.73. The third-order valence-electron chi connectivity index (χ3n) is 3.82. The molecule has 2 rings (SSSR count). The van der Waals surface area contributed by atoms with Crippen molar-refractivity contribution >= 4 is 28.9 Å². The van der Waals surface area contributed by atoms with E-state index in [-0.39, 0.29) is 17.3 Å². The summed E-state index contributed by atoms with van der Waals surface area (Å²) < 4.78 is 43.7. The number of nitrogens with one attached hydrogen (secondary N) is 1. The number of para-hydroxylation sites is 2. The number of benzene rings is 2. The summed E-state index contributed by atoms with van der Waals surface area (Å²) in [5.41, 5.74) is 4.10. The second kappa shape index (κ2) is 9.97. The predicted molar refractivity (Wildman–Crippen MR) is 107 cm³/mol. The van der Waals surface area contributed by atoms with Crippen molar-refractivity contribution in [1.82, 2.24) is 5.32 Å². The number of methoxy groups -OCH3 is 1. The largest absolute Gasteiger partial charge is 0.496 e. The highest BCUT2D eigenvalue weighted by atomic mass is 35.5. The molecule has 0 atom stereocenters. The molecule has 2 aromatic carbocycles. The number of hydrogen-bond donors (Lipinski definition) is 2. The molecule has 5 nitrogen and oxygen atoms in total. The number of carbonyl (C=O) groups is 1. The molecule has 3 N–H and O–H groups in total. The summed E-state index contributed by atoms with van der Waals surface area (Å²) in [5.74, 6) is -0.167. The van der Waals surface area contributed by atoms with Gasteiger partial charge in [-0.15, -0.1) is 0 Å². The number of allylic oxidation sites excluding steroid dienone is 1. The van der Waals surface area contributed by atoms with Gasteiger partial charge in [0.05, 0.1) is 17.8 Å². The number of ether oxygens (including phenoxy) is 1. The Morgan fingerprint density at radius 3 is 2.52 bits per heavy atom. The fraction of sp³-hybridized carbons (Fsp3) is 0.200. The third kappa shape index (κ3) is 6.53. The molecule has 0 saturated carbocycles. The van der Waals surface area contributed by atoms with E-state index in [1.165, 1.54) is 19.2 Å². The molecule has 0 aromatic heterocycles. The van der Waals surface area contributed by atoms with Gasteiger partial charge < -0.3 is 15.8 Å². The van der Waals surface area contributed by atoms with E-state index in [2.05, 4.69) is 10.3 Å². The Kier molecular flexibility index (Phi) is 7.67. The maximum absolute atomic E-state index is 12.8. The number of nitrogens with zero attached hydrogens (tertiary/aromatic N) is 1. The van der Waals surface area contributed by atoms with Crippen LogP contribution in [0.4, 0.5) is 18.9 Å². The van der Waals surface area contributed by atoms with Gasteiger partial charge in [-0.2, -0.15) is 13.2 Å². The van der Waals surface area contributed by atoms with Crippen LogP contribution < -0.4 is 15.8 Å². The molecule has 1 amide bonds. The average Bonchev–Trinajstić information content (AvgIpc) is 2.68. The molecule has 0 bridgehead atoms. The van der Waals surface area contributed by atoms with Crippen molar-refractivity contribution in [2.45, 2.75) is 12.6 Å². The van der Waals surface area contributed by atoms with Crippen molar-refractivity contribution in [3.8, 4) is 5.75 Å². The Balaban J connectivity index is 2.22. The number of nitrogens with two attached hydrogens (primary N) is 1. The van der Waals surface area contributed by atoms with Crippen molar-refractivity contribution in [1.29, 1.82) is 0 Å². The lowest BCUT2D eigenvalue weighted by Crippen LogP contribution is -2.33. The van der Waals surface area contributed by atoms with Gasteiger partial charge in [-0.05, 0) is 36.3 Å². The first-order chi connectivity index (χ1) is 13.7. The van der Waals surface area contributed by atoms with Gasteiger partial charge in [0.15, 0.2) is 0 Å². The quantitative estimate of drug-likeness (QED) is 0.653. The molecule has 0 unspecified atom stereocenters. The summed E-state index contributed by atoms with van der Waals surface area (Å²) in [6.07, 6.45) is -3.89. The second-order valence-electron chi connectivity index (χ2n) is 5.86. The van der Waals surface area contributed by atoms with E-state index in [1.807, 2.05) is 12.1 Å². The van der Waals surface area contributed by atoms with E-state index in [0.29, 0.717) is 18.2 Å². The molecule has 0 spiro atoms. The molecule has 0 saturated heterocycles. The van der Waals surface area contributed by atoms with E-state index in [0.717, 1.165) is 5.56 Å². The summed E-state index contributed by atoms with van der Waals surface area (Å²) in [7, 11) is 1.52. The maximum atomic E-state index is 12.8. The van der Waals surface area contributed by atoms with E-state index in [4.69, 9.17) is 22.1 Å². The van der Waals surface area contributed by atoms with Crippen LogP contribution in [0.5, 0.6) is 5.75 Å². The zero-order valence-electron chi connectivity index (χ0n) is 15.5. The standard InChI is InChI=1S/C20H19ClF3N3O2/c1-29-17-9-5-2-6-13(17)10-11-26-19(28)16(12-18(25)20(22,23)24)27-15-8-4-3-7-14(15)21/h2-9,12H,10-11,25H2,1H3,(H,26,28). The lowest BCUT2D eigenvalue weighted by Gasteiger charge is -2.11. The molecule has 0 aliphatic rings. The van der Waals surface area contributed by atoms with Crippen molar-refractivity contribution in [3.05, 3.63) is 70.9 Å². The number of aliphatic imine (C=N–C) groups is 1. The minimum Gasteiger partial charge on any atom is -0.496 e. The molecule has 9 heteroatoms. The van der Waals surface area contributed by atoms with E-state index >= 15 is 0 Å². The molecule has 29 heavy (non-hydrogen) atoms. The molecule has 0 aliphatic heterocycles. The topological polar surface area (TPSA) is 76.7 Å². The van der Waals surface area contributed by atoms with Gasteiger partial charge in [0.25, 0.3) is 5.91 Å². The summed E-state index contributed by atoms with van der Waals surface area (Å²) >= 11 is 5.99. The van der Waals surface area contributed by atoms with Crippen molar-refractivity contribution < 1.29 is 22.7 Å². The highest BCUT2D eigenvalue weighted by molar-refractivity contribution is 6.44. The number of rotatable bonds is 7. The Morgan fingerprint density at radius 2 is 1.86 bits per heavy atom. The number of halogens is 4. The fourth-order valence-corrected chi connectivity index (χ4v) is 2.54. The van der Waals surface area contributed by atoms with Crippen molar-refractivity contribution in [3.63, 3.8) is 0 Å². The van der Waals surface area contributed by atoms with Crippen LogP contribution in [0.15, 0.2) is 65.3 Å². The zero-order valence-corrected chi connectivity index (χ0v) is 16.2. The van der Waals surface area contributed by atoms with Crippen molar-refractivity contribution in [2.24, 2.45) is 10.7 Å². The number of carbonyl (C=O) groups excluding carboxylic acids is 1. The first-order valence-electron chi connectivity index (χ1n) is 8.50. The van der Waals surface area contributed by atoms with Crippen LogP contribution in [0.1, 0.15) is 5.56 Å². The molecular formula is C20H19ClF3N3O2. The van der Waals surface area contributed by atoms with Crippen LogP contribution in [0, 0.1) is 0 Å². The van der Waals surface area contributed by atoms with Crippen LogP contribution in [0.3, 0.4) is 0 Å². The summed E-state index contributed by atoms with van der Waals surface area (Å²) in [6.45, 7) is 0.153. The van der Waals surface area contributed by atoms with E-state index in [1.54, 1.807) is 24.3 Å². The first kappa shape index (κ1) is 22.3. The normalized spacial score (nSPS) is 12.6. The Hall–Kier alpha value is -3.00. The minimum absolute atomic E-state index is 0.148. The highest BCUT2D eigenvalue weighted by Crippen LogP contribution is 2.25. The van der Waals surface area contributed by atoms with Crippen LogP contribution >= 0.6 is 11.6 Å². The van der Waals surface area contributed by atoms with E-state index < -0.39 is 23.5 Å². The highest BCUT2D eigenvalue weighted by Gasteiger charge is 2.32. The van der Waals surface area contributed by atoms with Crippen LogP contribution in [-0.2, 0) is 11.2 Å². The predicted octanol–water partition coefficient (Wildman–Crippen LogP) is 4.18. The van der Waals surface area contributed by atoms with E-state index in [9.17, 15) is 18.0 Å². The Bertz CT molecular complexity index is 927. The van der Waals surface area contributed by atoms with Gasteiger partial charge in [0.1, 0.15) is 17.2 Å². The lowest BCUT2D eigenvalue weighted by molar-refractivity contribution is -0.114. The number of alkyl halides is 3. The molecular weight excluding hydrogens is 407 g/mol. The van der Waals surface area contributed by atoms with Gasteiger partial charge in [0, 0.05) is 6.54 Å². The second-order valence-corrected chi connectivity index (χ2v) is 6.27. The SMILES string of the molecule is COc1ccccc1CCNC(=O)C(C=C(N)C(F)(F)F)=Nc1ccccc1Cl. The maximum Gasteiger partial charge on any atom is 0.430 e. The van der Waals surface area contributed by atoms with Gasteiger partial charge in [-0.3, -0.25) is 4.79 Å². The average molecular weight is 426 g/mol. The van der Waals surface area contributed by atoms with Crippen LogP contribution in [-0.4, -0.2) is 31.4 Å². The molecule has 2 aromatic rings. The van der Waals surface area contributed by atoms with Gasteiger partial charge in [-0.1, -0.05) is 41.9 Å². The Labute approximate surface area is 171 Å². The lowest BCUT2D eigenvalue weighted by atomic mass is 10.1. The smallest absolute Gasteiger partial charge is 0.430 e. The molecule has 154 valence electrons. The fourth-order valence-electron chi connectivity index (χ4n) is 2.36. The zero-order chi connectivity index (χ0) is 21.4. The van der Waals surface area contributed by atoms with Crippen LogP contribution in [0.2, 0.25) is 5.02 Å². The molecule has 0 heterocycles. The molecule has 0 aliphatic carbocycles. The first-order valence-corrected chi connectivity index (χ1v) is 8.88. The van der Waals surface area contributed by atoms with Gasteiger partial charge in [-0.25, -0.2) is 4.99 Å². The third-order valence-corrected chi connectivity index (χ3v) is 4.14. The molecule has 0 radical (unpaired) electrons. The summed E-state index contributed by atoms with van der Waals surface area (Å²) in [4.78, 5) is 16.4. The monoisotopic (exact) mass is 425 g/mol. The van der Waals surface area contributed by atoms with Gasteiger partial charge >= 0.3 is 6.18 Å². The van der Waals surface area contributed by atoms with Gasteiger partial charge in [0.2, 0.25) is 0 Å². The minimum atomic E-state index is -4.79. The number of hydrogen-bond acceptors (Lipinski definition) is 4. The summed E-state index contributed by atoms with van der Waals surface area (Å²) in [6, 6.07) is 13.4.